The highest BCUT2D eigenvalue weighted by molar-refractivity contribution is 5.69. The number of carbonyl (C=O) groups excluding carboxylic acids is 1. The standard InChI is InChI=1S/C10H21NO3/c1-8(2)9(7-12)11-6-4-5-10(13)14-3/h8-9,11-12H,4-7H2,1-3H3/t9-/m1/s1. The highest BCUT2D eigenvalue weighted by Gasteiger charge is 2.10. The van der Waals surface area contributed by atoms with Gasteiger partial charge in [-0.2, -0.15) is 0 Å². The van der Waals surface area contributed by atoms with Crippen molar-refractivity contribution in [3.05, 3.63) is 0 Å². The van der Waals surface area contributed by atoms with Crippen LogP contribution in [0.5, 0.6) is 0 Å². The average molecular weight is 203 g/mol. The summed E-state index contributed by atoms with van der Waals surface area (Å²) in [4.78, 5) is 10.8. The summed E-state index contributed by atoms with van der Waals surface area (Å²) >= 11 is 0. The van der Waals surface area contributed by atoms with E-state index in [2.05, 4.69) is 10.1 Å². The van der Waals surface area contributed by atoms with Gasteiger partial charge in [0, 0.05) is 12.5 Å². The summed E-state index contributed by atoms with van der Waals surface area (Å²) in [6, 6.07) is 0.118. The first-order valence-electron chi connectivity index (χ1n) is 5.02. The number of hydrogen-bond acceptors (Lipinski definition) is 4. The molecular weight excluding hydrogens is 182 g/mol. The number of nitrogens with one attached hydrogen (secondary N) is 1. The molecular formula is C10H21NO3. The molecule has 0 aliphatic heterocycles. The lowest BCUT2D eigenvalue weighted by Crippen LogP contribution is -2.37. The molecule has 0 rings (SSSR count). The second-order valence-electron chi connectivity index (χ2n) is 3.67. The normalized spacial score (nSPS) is 12.9. The van der Waals surface area contributed by atoms with Gasteiger partial charge in [-0.3, -0.25) is 4.79 Å². The van der Waals surface area contributed by atoms with Crippen molar-refractivity contribution < 1.29 is 14.6 Å². The predicted molar refractivity (Wildman–Crippen MR) is 55.0 cm³/mol. The van der Waals surface area contributed by atoms with Gasteiger partial charge in [-0.15, -0.1) is 0 Å². The van der Waals surface area contributed by atoms with Crippen LogP contribution < -0.4 is 5.32 Å². The molecule has 0 amide bonds. The van der Waals surface area contributed by atoms with E-state index in [0.29, 0.717) is 12.3 Å². The Morgan fingerprint density at radius 2 is 2.14 bits per heavy atom. The van der Waals surface area contributed by atoms with Crippen molar-refractivity contribution in [2.45, 2.75) is 32.7 Å². The lowest BCUT2D eigenvalue weighted by atomic mass is 10.1. The molecule has 0 radical (unpaired) electrons. The zero-order valence-electron chi connectivity index (χ0n) is 9.25. The Morgan fingerprint density at radius 3 is 2.57 bits per heavy atom. The summed E-state index contributed by atoms with van der Waals surface area (Å²) in [7, 11) is 1.39. The Kier molecular flexibility index (Phi) is 7.42. The number of methoxy groups -OCH3 is 1. The predicted octanol–water partition coefficient (Wildman–Crippen LogP) is 0.546. The zero-order valence-corrected chi connectivity index (χ0v) is 9.25. The molecule has 0 aliphatic rings. The van der Waals surface area contributed by atoms with Crippen LogP contribution in [0.3, 0.4) is 0 Å². The maximum absolute atomic E-state index is 10.8. The van der Waals surface area contributed by atoms with Gasteiger partial charge < -0.3 is 15.2 Å². The molecule has 1 atom stereocenters. The third-order valence-electron chi connectivity index (χ3n) is 2.19. The van der Waals surface area contributed by atoms with Crippen molar-refractivity contribution in [2.75, 3.05) is 20.3 Å². The third-order valence-corrected chi connectivity index (χ3v) is 2.19. The smallest absolute Gasteiger partial charge is 0.305 e. The molecule has 14 heavy (non-hydrogen) atoms. The minimum Gasteiger partial charge on any atom is -0.469 e. The molecule has 4 nitrogen and oxygen atoms in total. The minimum atomic E-state index is -0.183. The average Bonchev–Trinajstić information content (AvgIpc) is 2.16. The van der Waals surface area contributed by atoms with E-state index in [4.69, 9.17) is 5.11 Å². The molecule has 0 aromatic carbocycles. The fourth-order valence-corrected chi connectivity index (χ4v) is 1.13. The van der Waals surface area contributed by atoms with Gasteiger partial charge in [0.05, 0.1) is 13.7 Å². The van der Waals surface area contributed by atoms with E-state index in [9.17, 15) is 4.79 Å². The molecule has 0 aliphatic carbocycles. The second-order valence-corrected chi connectivity index (χ2v) is 3.67. The Hall–Kier alpha value is -0.610. The molecule has 0 saturated carbocycles. The molecule has 0 bridgehead atoms. The molecule has 0 spiro atoms. The molecule has 0 unspecified atom stereocenters. The summed E-state index contributed by atoms with van der Waals surface area (Å²) in [6.45, 7) is 4.97. The Bertz CT molecular complexity index is 159. The molecule has 4 heteroatoms. The Morgan fingerprint density at radius 1 is 1.50 bits per heavy atom. The number of hydrogen-bond donors (Lipinski definition) is 2. The summed E-state index contributed by atoms with van der Waals surface area (Å²) < 4.78 is 4.51. The lowest BCUT2D eigenvalue weighted by Gasteiger charge is -2.19. The van der Waals surface area contributed by atoms with Gasteiger partial charge in [0.25, 0.3) is 0 Å². The minimum absolute atomic E-state index is 0.118. The fraction of sp³-hybridized carbons (Fsp3) is 0.900. The van der Waals surface area contributed by atoms with Crippen LogP contribution in [0.1, 0.15) is 26.7 Å². The van der Waals surface area contributed by atoms with Crippen LogP contribution >= 0.6 is 0 Å². The van der Waals surface area contributed by atoms with Gasteiger partial charge in [0.1, 0.15) is 0 Å². The van der Waals surface area contributed by atoms with E-state index < -0.39 is 0 Å². The highest BCUT2D eigenvalue weighted by Crippen LogP contribution is 2.00. The van der Waals surface area contributed by atoms with E-state index in [1.54, 1.807) is 0 Å². The van der Waals surface area contributed by atoms with Crippen LogP contribution in [-0.2, 0) is 9.53 Å². The topological polar surface area (TPSA) is 58.6 Å². The monoisotopic (exact) mass is 203 g/mol. The SMILES string of the molecule is COC(=O)CCCN[C@H](CO)C(C)C. The van der Waals surface area contributed by atoms with Crippen LogP contribution in [0.15, 0.2) is 0 Å². The number of ether oxygens (including phenoxy) is 1. The quantitative estimate of drug-likeness (QED) is 0.468. The van der Waals surface area contributed by atoms with E-state index in [1.165, 1.54) is 7.11 Å². The maximum atomic E-state index is 10.8. The molecule has 0 saturated heterocycles. The van der Waals surface area contributed by atoms with E-state index in [0.717, 1.165) is 13.0 Å². The Labute approximate surface area is 85.6 Å². The number of rotatable bonds is 7. The van der Waals surface area contributed by atoms with Crippen molar-refractivity contribution in [1.82, 2.24) is 5.32 Å². The van der Waals surface area contributed by atoms with Crippen molar-refractivity contribution in [3.8, 4) is 0 Å². The van der Waals surface area contributed by atoms with Crippen molar-refractivity contribution >= 4 is 5.97 Å². The van der Waals surface area contributed by atoms with Gasteiger partial charge >= 0.3 is 5.97 Å². The summed E-state index contributed by atoms with van der Waals surface area (Å²) in [6.07, 6.45) is 1.18. The lowest BCUT2D eigenvalue weighted by molar-refractivity contribution is -0.140. The van der Waals surface area contributed by atoms with Gasteiger partial charge in [-0.25, -0.2) is 0 Å². The van der Waals surface area contributed by atoms with Crippen molar-refractivity contribution in [3.63, 3.8) is 0 Å². The summed E-state index contributed by atoms with van der Waals surface area (Å²) in [5.41, 5.74) is 0. The van der Waals surface area contributed by atoms with Crippen molar-refractivity contribution in [2.24, 2.45) is 5.92 Å². The summed E-state index contributed by atoms with van der Waals surface area (Å²) in [5.74, 6) is 0.218. The number of carbonyl (C=O) groups is 1. The second kappa shape index (κ2) is 7.76. The van der Waals surface area contributed by atoms with Gasteiger partial charge in [0.15, 0.2) is 0 Å². The molecule has 0 aromatic heterocycles. The van der Waals surface area contributed by atoms with Crippen LogP contribution in [-0.4, -0.2) is 37.4 Å². The van der Waals surface area contributed by atoms with Crippen molar-refractivity contribution in [1.29, 1.82) is 0 Å². The van der Waals surface area contributed by atoms with Crippen LogP contribution in [0.4, 0.5) is 0 Å². The summed E-state index contributed by atoms with van der Waals surface area (Å²) in [5, 5.41) is 12.2. The third kappa shape index (κ3) is 5.94. The molecule has 0 fully saturated rings. The number of esters is 1. The Balaban J connectivity index is 3.47. The molecule has 0 aromatic rings. The van der Waals surface area contributed by atoms with Crippen LogP contribution in [0.25, 0.3) is 0 Å². The maximum Gasteiger partial charge on any atom is 0.305 e. The van der Waals surface area contributed by atoms with Gasteiger partial charge in [-0.05, 0) is 18.9 Å². The van der Waals surface area contributed by atoms with E-state index >= 15 is 0 Å². The number of aliphatic hydroxyl groups is 1. The fourth-order valence-electron chi connectivity index (χ4n) is 1.13. The highest BCUT2D eigenvalue weighted by atomic mass is 16.5. The first kappa shape index (κ1) is 13.4. The largest absolute Gasteiger partial charge is 0.469 e. The number of aliphatic hydroxyl groups excluding tert-OH is 1. The van der Waals surface area contributed by atoms with Gasteiger partial charge in [0.2, 0.25) is 0 Å². The van der Waals surface area contributed by atoms with E-state index in [1.807, 2.05) is 13.8 Å². The van der Waals surface area contributed by atoms with E-state index in [-0.39, 0.29) is 18.6 Å². The van der Waals surface area contributed by atoms with Crippen LogP contribution in [0, 0.1) is 5.92 Å². The first-order chi connectivity index (χ1) is 6.61. The molecule has 84 valence electrons. The van der Waals surface area contributed by atoms with Crippen LogP contribution in [0.2, 0.25) is 0 Å². The zero-order chi connectivity index (χ0) is 11.0. The first-order valence-corrected chi connectivity index (χ1v) is 5.02. The molecule has 2 N–H and O–H groups in total. The molecule has 0 heterocycles. The van der Waals surface area contributed by atoms with Gasteiger partial charge in [-0.1, -0.05) is 13.8 Å².